The van der Waals surface area contributed by atoms with Crippen molar-refractivity contribution in [2.45, 2.75) is 54.8 Å². The maximum Gasteiger partial charge on any atom is 0.573 e. The Morgan fingerprint density at radius 1 is 1.32 bits per heavy atom. The second-order valence-corrected chi connectivity index (χ2v) is 12.1. The fraction of sp³-hybridized carbons (Fsp3) is 0.476. The van der Waals surface area contributed by atoms with Crippen LogP contribution in [0.3, 0.4) is 0 Å². The number of thiazole rings is 1. The van der Waals surface area contributed by atoms with E-state index in [0.717, 1.165) is 48.8 Å². The summed E-state index contributed by atoms with van der Waals surface area (Å²) in [4.78, 5) is 30.1. The van der Waals surface area contributed by atoms with E-state index in [9.17, 15) is 27.9 Å². The number of carbonyl (C=O) groups excluding carboxylic acids is 1. The molecule has 1 aromatic heterocycles. The van der Waals surface area contributed by atoms with Gasteiger partial charge < -0.3 is 9.84 Å². The van der Waals surface area contributed by atoms with E-state index in [2.05, 4.69) is 31.0 Å². The van der Waals surface area contributed by atoms with Crippen LogP contribution in [0.2, 0.25) is 0 Å². The average Bonchev–Trinajstić information content (AvgIpc) is 3.38. The Morgan fingerprint density at radius 2 is 2.00 bits per heavy atom. The summed E-state index contributed by atoms with van der Waals surface area (Å²) < 4.78 is 42.2. The van der Waals surface area contributed by atoms with Gasteiger partial charge in [0.25, 0.3) is 0 Å². The number of halogens is 4. The van der Waals surface area contributed by atoms with Gasteiger partial charge in [-0.2, -0.15) is 0 Å². The highest BCUT2D eigenvalue weighted by molar-refractivity contribution is 9.10. The van der Waals surface area contributed by atoms with Gasteiger partial charge in [-0.1, -0.05) is 35.9 Å². The lowest BCUT2D eigenvalue weighted by Gasteiger charge is -2.26. The van der Waals surface area contributed by atoms with Gasteiger partial charge in [0.05, 0.1) is 14.9 Å². The summed E-state index contributed by atoms with van der Waals surface area (Å²) in [6.07, 6.45) is 0.526. The largest absolute Gasteiger partial charge is 0.573 e. The minimum Gasteiger partial charge on any atom is -0.480 e. The average molecular weight is 582 g/mol. The van der Waals surface area contributed by atoms with Crippen molar-refractivity contribution < 1.29 is 32.6 Å². The number of thioether (sulfide) groups is 1. The normalized spacial score (nSPS) is 14.8. The quantitative estimate of drug-likeness (QED) is 0.326. The molecule has 1 heterocycles. The van der Waals surface area contributed by atoms with Crippen LogP contribution < -0.4 is 15.0 Å². The summed E-state index contributed by atoms with van der Waals surface area (Å²) in [5, 5.41) is 12.3. The fourth-order valence-corrected chi connectivity index (χ4v) is 6.03. The Balaban J connectivity index is 1.82. The van der Waals surface area contributed by atoms with Crippen molar-refractivity contribution in [2.24, 2.45) is 5.92 Å². The minimum atomic E-state index is -4.88. The predicted octanol–water partition coefficient (Wildman–Crippen LogP) is 6.99. The highest BCUT2D eigenvalue weighted by atomic mass is 79.9. The molecule has 186 valence electrons. The number of anilines is 2. The Bertz CT molecular complexity index is 1040. The number of amides is 2. The van der Waals surface area contributed by atoms with E-state index in [-0.39, 0.29) is 21.2 Å². The smallest absolute Gasteiger partial charge is 0.480 e. The van der Waals surface area contributed by atoms with Crippen LogP contribution >= 0.6 is 39.0 Å². The first-order chi connectivity index (χ1) is 15.8. The molecule has 0 spiro atoms. The molecule has 0 unspecified atom stereocenters. The first kappa shape index (κ1) is 26.6. The number of hydrogen-bond acceptors (Lipinski definition) is 6. The van der Waals surface area contributed by atoms with Gasteiger partial charge in [-0.15, -0.1) is 13.2 Å². The molecule has 1 fully saturated rings. The molecule has 2 aromatic rings. The van der Waals surface area contributed by atoms with Crippen LogP contribution in [-0.4, -0.2) is 39.7 Å². The predicted molar refractivity (Wildman–Crippen MR) is 129 cm³/mol. The van der Waals surface area contributed by atoms with E-state index in [1.807, 2.05) is 0 Å². The number of alkyl halides is 3. The standard InChI is InChI=1S/C21H23BrF3N3O4S2/c1-20(2,17(29)30)34-16-10-26-18(33-16)27-19(31)28(11-12-5-3-4-6-12)13-7-8-14(22)15(9-13)32-21(23,24)25/h7-10,12H,3-6,11H2,1-2H3,(H,29,30)(H,26,27,31). The second kappa shape index (κ2) is 10.7. The highest BCUT2D eigenvalue weighted by Gasteiger charge is 2.33. The molecule has 0 aliphatic heterocycles. The van der Waals surface area contributed by atoms with Crippen LogP contribution in [0.4, 0.5) is 28.8 Å². The van der Waals surface area contributed by atoms with E-state index in [4.69, 9.17) is 0 Å². The Labute approximate surface area is 211 Å². The van der Waals surface area contributed by atoms with Crippen molar-refractivity contribution in [2.75, 3.05) is 16.8 Å². The molecule has 34 heavy (non-hydrogen) atoms. The van der Waals surface area contributed by atoms with Crippen molar-refractivity contribution in [3.63, 3.8) is 0 Å². The second-order valence-electron chi connectivity index (χ2n) is 8.26. The van der Waals surface area contributed by atoms with Gasteiger partial charge in [0.2, 0.25) is 0 Å². The topological polar surface area (TPSA) is 91.8 Å². The van der Waals surface area contributed by atoms with Gasteiger partial charge in [0, 0.05) is 18.3 Å². The molecule has 1 aliphatic rings. The van der Waals surface area contributed by atoms with Gasteiger partial charge in [-0.3, -0.25) is 15.0 Å². The van der Waals surface area contributed by atoms with Crippen molar-refractivity contribution in [1.29, 1.82) is 0 Å². The number of urea groups is 1. The van der Waals surface area contributed by atoms with Crippen LogP contribution in [-0.2, 0) is 4.79 Å². The number of benzene rings is 1. The number of aliphatic carboxylic acids is 1. The third-order valence-electron chi connectivity index (χ3n) is 5.18. The molecule has 13 heteroatoms. The van der Waals surface area contributed by atoms with Crippen molar-refractivity contribution in [3.8, 4) is 5.75 Å². The van der Waals surface area contributed by atoms with Crippen molar-refractivity contribution in [1.82, 2.24) is 4.98 Å². The Hall–Kier alpha value is -1.99. The van der Waals surface area contributed by atoms with E-state index >= 15 is 0 Å². The summed E-state index contributed by atoms with van der Waals surface area (Å²) >= 11 is 5.28. The van der Waals surface area contributed by atoms with Crippen LogP contribution in [0.15, 0.2) is 33.1 Å². The number of rotatable bonds is 8. The van der Waals surface area contributed by atoms with E-state index in [1.165, 1.54) is 23.2 Å². The van der Waals surface area contributed by atoms with E-state index in [0.29, 0.717) is 10.8 Å². The molecule has 0 saturated heterocycles. The van der Waals surface area contributed by atoms with Crippen molar-refractivity contribution >= 4 is 61.8 Å². The zero-order valence-corrected chi connectivity index (χ0v) is 21.5. The lowest BCUT2D eigenvalue weighted by molar-refractivity contribution is -0.274. The summed E-state index contributed by atoms with van der Waals surface area (Å²) in [6.45, 7) is 3.46. The Morgan fingerprint density at radius 3 is 2.62 bits per heavy atom. The van der Waals surface area contributed by atoms with Gasteiger partial charge in [0.1, 0.15) is 10.5 Å². The number of ether oxygens (including phenoxy) is 1. The number of carboxylic acids is 1. The highest BCUT2D eigenvalue weighted by Crippen LogP contribution is 2.38. The molecule has 1 aromatic carbocycles. The molecule has 0 bridgehead atoms. The zero-order valence-electron chi connectivity index (χ0n) is 18.3. The fourth-order valence-electron chi connectivity index (χ4n) is 3.44. The van der Waals surface area contributed by atoms with Gasteiger partial charge in [0.15, 0.2) is 5.13 Å². The molecule has 2 amide bonds. The Kier molecular flexibility index (Phi) is 8.40. The summed E-state index contributed by atoms with van der Waals surface area (Å²) in [5.74, 6) is -1.20. The first-order valence-corrected chi connectivity index (χ1v) is 12.8. The number of aromatic nitrogens is 1. The van der Waals surface area contributed by atoms with E-state index in [1.54, 1.807) is 19.9 Å². The maximum absolute atomic E-state index is 13.2. The SMILES string of the molecule is CC(C)(Sc1cnc(NC(=O)N(CC2CCCC2)c2ccc(Br)c(OC(F)(F)F)c2)s1)C(=O)O. The summed E-state index contributed by atoms with van der Waals surface area (Å²) in [5.41, 5.74) is 0.255. The molecular weight excluding hydrogens is 559 g/mol. The van der Waals surface area contributed by atoms with Crippen LogP contribution in [0.25, 0.3) is 0 Å². The van der Waals surface area contributed by atoms with Gasteiger partial charge >= 0.3 is 18.4 Å². The molecule has 1 aliphatic carbocycles. The zero-order chi connectivity index (χ0) is 25.1. The molecular formula is C21H23BrF3N3O4S2. The van der Waals surface area contributed by atoms with Crippen LogP contribution in [0.1, 0.15) is 39.5 Å². The molecule has 0 atom stereocenters. The van der Waals surface area contributed by atoms with Crippen molar-refractivity contribution in [3.05, 3.63) is 28.9 Å². The van der Waals surface area contributed by atoms with Crippen LogP contribution in [0, 0.1) is 5.92 Å². The maximum atomic E-state index is 13.2. The molecule has 0 radical (unpaired) electrons. The summed E-state index contributed by atoms with van der Waals surface area (Å²) in [6, 6.07) is 3.57. The third-order valence-corrected chi connectivity index (χ3v) is 8.04. The lowest BCUT2D eigenvalue weighted by atomic mass is 10.1. The molecule has 3 rings (SSSR count). The molecule has 2 N–H and O–H groups in total. The first-order valence-electron chi connectivity index (χ1n) is 10.4. The number of nitrogens with one attached hydrogen (secondary N) is 1. The third kappa shape index (κ3) is 7.25. The summed E-state index contributed by atoms with van der Waals surface area (Å²) in [7, 11) is 0. The van der Waals surface area contributed by atoms with Crippen LogP contribution in [0.5, 0.6) is 5.75 Å². The number of carboxylic acid groups (broad SMARTS) is 1. The number of carbonyl (C=O) groups is 2. The van der Waals surface area contributed by atoms with E-state index < -0.39 is 28.9 Å². The van der Waals surface area contributed by atoms with Gasteiger partial charge in [-0.05, 0) is 60.7 Å². The monoisotopic (exact) mass is 581 g/mol. The lowest BCUT2D eigenvalue weighted by Crippen LogP contribution is -2.38. The molecule has 7 nitrogen and oxygen atoms in total. The number of hydrogen-bond donors (Lipinski definition) is 2. The van der Waals surface area contributed by atoms with Gasteiger partial charge in [-0.25, -0.2) is 9.78 Å². The minimum absolute atomic E-state index is 0.109. The number of nitrogens with zero attached hydrogens (tertiary/aromatic N) is 2. The molecule has 1 saturated carbocycles.